The molecule has 2 aromatic heterocycles. The Morgan fingerprint density at radius 2 is 2.04 bits per heavy atom. The summed E-state index contributed by atoms with van der Waals surface area (Å²) in [6.07, 6.45) is 7.79. The Balaban J connectivity index is 1.50. The number of esters is 1. The predicted molar refractivity (Wildman–Crippen MR) is 109 cm³/mol. The molecule has 0 unspecified atom stereocenters. The third-order valence-corrected chi connectivity index (χ3v) is 7.64. The highest BCUT2D eigenvalue weighted by molar-refractivity contribution is 7.98. The van der Waals surface area contributed by atoms with Crippen LogP contribution < -0.4 is 5.32 Å². The van der Waals surface area contributed by atoms with E-state index in [1.165, 1.54) is 4.88 Å². The first-order valence-electron chi connectivity index (χ1n) is 9.37. The van der Waals surface area contributed by atoms with Gasteiger partial charge in [0, 0.05) is 23.0 Å². The van der Waals surface area contributed by atoms with E-state index in [-0.39, 0.29) is 6.61 Å². The van der Waals surface area contributed by atoms with E-state index < -0.39 is 17.4 Å². The highest BCUT2D eigenvalue weighted by atomic mass is 32.2. The summed E-state index contributed by atoms with van der Waals surface area (Å²) in [7, 11) is 0. The average molecular weight is 416 g/mol. The van der Waals surface area contributed by atoms with E-state index in [2.05, 4.69) is 11.4 Å². The fourth-order valence-corrected chi connectivity index (χ4v) is 6.26. The molecule has 1 fully saturated rings. The summed E-state index contributed by atoms with van der Waals surface area (Å²) in [5, 5.41) is 13.0. The number of ether oxygens (including phenoxy) is 1. The summed E-state index contributed by atoms with van der Waals surface area (Å²) in [6, 6.07) is 6.05. The highest BCUT2D eigenvalue weighted by Gasteiger charge is 2.36. The molecule has 1 aliphatic heterocycles. The molecule has 28 heavy (non-hydrogen) atoms. The van der Waals surface area contributed by atoms with Gasteiger partial charge in [0.2, 0.25) is 0 Å². The van der Waals surface area contributed by atoms with E-state index in [9.17, 15) is 14.9 Å². The normalized spacial score (nSPS) is 17.5. The second-order valence-electron chi connectivity index (χ2n) is 7.10. The minimum absolute atomic E-state index is 0.368. The van der Waals surface area contributed by atoms with Crippen LogP contribution in [-0.2, 0) is 21.7 Å². The largest absolute Gasteiger partial charge is 0.452 e. The molecule has 1 saturated carbocycles. The highest BCUT2D eigenvalue weighted by Crippen LogP contribution is 2.38. The SMILES string of the molecule is N#CC1(NC(=O)COC(=O)c2c(-n3cccc3)sc3c2CCSC3)CCCC1. The topological polar surface area (TPSA) is 84.1 Å². The van der Waals surface area contributed by atoms with Gasteiger partial charge in [0.1, 0.15) is 10.5 Å². The zero-order valence-corrected chi connectivity index (χ0v) is 17.0. The van der Waals surface area contributed by atoms with Gasteiger partial charge in [-0.3, -0.25) is 4.79 Å². The van der Waals surface area contributed by atoms with Crippen molar-refractivity contribution in [2.75, 3.05) is 12.4 Å². The van der Waals surface area contributed by atoms with Gasteiger partial charge < -0.3 is 14.6 Å². The van der Waals surface area contributed by atoms with Gasteiger partial charge in [0.05, 0.1) is 11.6 Å². The van der Waals surface area contributed by atoms with Crippen LogP contribution in [0.5, 0.6) is 0 Å². The van der Waals surface area contributed by atoms with Crippen molar-refractivity contribution < 1.29 is 14.3 Å². The van der Waals surface area contributed by atoms with Crippen LogP contribution in [0.3, 0.4) is 0 Å². The Labute approximate surface area is 171 Å². The van der Waals surface area contributed by atoms with E-state index >= 15 is 0 Å². The molecule has 2 aliphatic rings. The molecular weight excluding hydrogens is 394 g/mol. The van der Waals surface area contributed by atoms with Crippen LogP contribution >= 0.6 is 23.1 Å². The van der Waals surface area contributed by atoms with Crippen molar-refractivity contribution >= 4 is 35.0 Å². The van der Waals surface area contributed by atoms with Crippen LogP contribution in [0.25, 0.3) is 5.00 Å². The number of rotatable bonds is 5. The standard InChI is InChI=1S/C20H21N3O3S2/c21-13-20(6-1-2-7-20)22-16(24)11-26-19(25)17-14-5-10-27-12-15(14)28-18(17)23-8-3-4-9-23/h3-4,8-9H,1-2,5-7,10-12H2,(H,22,24). The second kappa shape index (κ2) is 8.02. The zero-order valence-electron chi connectivity index (χ0n) is 15.4. The Morgan fingerprint density at radius 3 is 2.75 bits per heavy atom. The Kier molecular flexibility index (Phi) is 5.47. The molecule has 1 amide bonds. The number of fused-ring (bicyclic) bond motifs is 1. The van der Waals surface area contributed by atoms with Gasteiger partial charge in [-0.15, -0.1) is 11.3 Å². The van der Waals surface area contributed by atoms with Gasteiger partial charge in [-0.1, -0.05) is 0 Å². The molecular formula is C20H21N3O3S2. The smallest absolute Gasteiger partial charge is 0.341 e. The number of amides is 1. The molecule has 146 valence electrons. The number of carbonyl (C=O) groups is 2. The number of thioether (sulfide) groups is 1. The van der Waals surface area contributed by atoms with Gasteiger partial charge in [-0.2, -0.15) is 17.0 Å². The third kappa shape index (κ3) is 3.69. The number of thiophene rings is 1. The molecule has 0 radical (unpaired) electrons. The summed E-state index contributed by atoms with van der Waals surface area (Å²) >= 11 is 3.47. The van der Waals surface area contributed by atoms with Crippen LogP contribution in [-0.4, -0.2) is 34.3 Å². The van der Waals surface area contributed by atoms with Crippen molar-refractivity contribution in [3.8, 4) is 11.1 Å². The molecule has 4 rings (SSSR count). The van der Waals surface area contributed by atoms with E-state index in [4.69, 9.17) is 4.74 Å². The lowest BCUT2D eigenvalue weighted by Gasteiger charge is -2.21. The first-order valence-corrected chi connectivity index (χ1v) is 11.3. The fourth-order valence-electron chi connectivity index (χ4n) is 3.83. The van der Waals surface area contributed by atoms with E-state index in [1.807, 2.05) is 40.9 Å². The van der Waals surface area contributed by atoms with E-state index in [0.29, 0.717) is 18.4 Å². The molecule has 1 aliphatic carbocycles. The van der Waals surface area contributed by atoms with Crippen LogP contribution in [0, 0.1) is 11.3 Å². The molecule has 8 heteroatoms. The van der Waals surface area contributed by atoms with Crippen molar-refractivity contribution in [2.24, 2.45) is 0 Å². The number of nitrogens with zero attached hydrogens (tertiary/aromatic N) is 2. The van der Waals surface area contributed by atoms with Gasteiger partial charge in [-0.05, 0) is 55.6 Å². The lowest BCUT2D eigenvalue weighted by Crippen LogP contribution is -2.46. The van der Waals surface area contributed by atoms with Crippen LogP contribution in [0.2, 0.25) is 0 Å². The molecule has 3 heterocycles. The van der Waals surface area contributed by atoms with E-state index in [1.54, 1.807) is 11.3 Å². The minimum atomic E-state index is -0.807. The zero-order chi connectivity index (χ0) is 19.6. The van der Waals surface area contributed by atoms with Crippen LogP contribution in [0.15, 0.2) is 24.5 Å². The number of hydrogen-bond acceptors (Lipinski definition) is 6. The molecule has 0 bridgehead atoms. The summed E-state index contributed by atoms with van der Waals surface area (Å²) in [5.41, 5.74) is 0.806. The number of nitrogens with one attached hydrogen (secondary N) is 1. The maximum atomic E-state index is 12.9. The summed E-state index contributed by atoms with van der Waals surface area (Å²) in [5.74, 6) is 0.979. The molecule has 0 saturated heterocycles. The van der Waals surface area contributed by atoms with Crippen LogP contribution in [0.4, 0.5) is 0 Å². The molecule has 0 atom stereocenters. The molecule has 0 spiro atoms. The number of aromatic nitrogens is 1. The summed E-state index contributed by atoms with van der Waals surface area (Å²) in [6.45, 7) is -0.368. The monoisotopic (exact) mass is 415 g/mol. The first kappa shape index (κ1) is 19.1. The van der Waals surface area contributed by atoms with Crippen molar-refractivity contribution in [1.29, 1.82) is 5.26 Å². The Hall–Kier alpha value is -2.24. The van der Waals surface area contributed by atoms with Crippen molar-refractivity contribution in [2.45, 2.75) is 43.4 Å². The first-order chi connectivity index (χ1) is 13.6. The number of nitriles is 1. The second-order valence-corrected chi connectivity index (χ2v) is 9.29. The number of carbonyl (C=O) groups excluding carboxylic acids is 2. The Bertz CT molecular complexity index is 921. The Morgan fingerprint density at radius 1 is 1.29 bits per heavy atom. The quantitative estimate of drug-likeness (QED) is 0.757. The maximum absolute atomic E-state index is 12.9. The molecule has 0 aromatic carbocycles. The minimum Gasteiger partial charge on any atom is -0.452 e. The van der Waals surface area contributed by atoms with E-state index in [0.717, 1.165) is 41.3 Å². The van der Waals surface area contributed by atoms with Crippen LogP contribution in [0.1, 0.15) is 46.5 Å². The van der Waals surface area contributed by atoms with Crippen molar-refractivity contribution in [3.05, 3.63) is 40.5 Å². The molecule has 2 aromatic rings. The molecule has 6 nitrogen and oxygen atoms in total. The van der Waals surface area contributed by atoms with Crippen molar-refractivity contribution in [1.82, 2.24) is 9.88 Å². The van der Waals surface area contributed by atoms with Gasteiger partial charge in [0.25, 0.3) is 5.91 Å². The lowest BCUT2D eigenvalue weighted by molar-refractivity contribution is -0.125. The summed E-state index contributed by atoms with van der Waals surface area (Å²) in [4.78, 5) is 26.4. The average Bonchev–Trinajstić information content (AvgIpc) is 3.45. The third-order valence-electron chi connectivity index (χ3n) is 5.23. The predicted octanol–water partition coefficient (Wildman–Crippen LogP) is 3.44. The number of hydrogen-bond donors (Lipinski definition) is 1. The van der Waals surface area contributed by atoms with Crippen molar-refractivity contribution in [3.63, 3.8) is 0 Å². The maximum Gasteiger partial charge on any atom is 0.341 e. The fraction of sp³-hybridized carbons (Fsp3) is 0.450. The lowest BCUT2D eigenvalue weighted by atomic mass is 10.00. The molecule has 1 N–H and O–H groups in total. The summed E-state index contributed by atoms with van der Waals surface area (Å²) < 4.78 is 7.30. The van der Waals surface area contributed by atoms with Gasteiger partial charge in [0.15, 0.2) is 6.61 Å². The van der Waals surface area contributed by atoms with Gasteiger partial charge >= 0.3 is 5.97 Å². The van der Waals surface area contributed by atoms with Gasteiger partial charge in [-0.25, -0.2) is 4.79 Å².